The van der Waals surface area contributed by atoms with Crippen LogP contribution in [-0.2, 0) is 21.3 Å². The smallest absolute Gasteiger partial charge is 0.358 e. The third-order valence-electron chi connectivity index (χ3n) is 2.52. The lowest BCUT2D eigenvalue weighted by Crippen LogP contribution is -2.15. The standard InChI is InChI=1S/C14H19NO6/c1-5-19-13(17)10-7-15(4)11(14(18)20-6-2)12(10)21-8-9(3)16/h7H,5-6,8H2,1-4H3. The minimum atomic E-state index is -0.630. The van der Waals surface area contributed by atoms with Crippen molar-refractivity contribution >= 4 is 17.7 Å². The lowest BCUT2D eigenvalue weighted by atomic mass is 10.2. The minimum Gasteiger partial charge on any atom is -0.482 e. The highest BCUT2D eigenvalue weighted by atomic mass is 16.5. The quantitative estimate of drug-likeness (QED) is 0.706. The summed E-state index contributed by atoms with van der Waals surface area (Å²) in [5.41, 5.74) is 0.157. The zero-order chi connectivity index (χ0) is 16.0. The molecule has 0 spiro atoms. The zero-order valence-electron chi connectivity index (χ0n) is 12.6. The van der Waals surface area contributed by atoms with Gasteiger partial charge in [0.25, 0.3) is 0 Å². The largest absolute Gasteiger partial charge is 0.482 e. The summed E-state index contributed by atoms with van der Waals surface area (Å²) in [6.45, 7) is 4.81. The van der Waals surface area contributed by atoms with Crippen LogP contribution in [-0.4, -0.2) is 42.1 Å². The number of ketones is 1. The first-order valence-electron chi connectivity index (χ1n) is 6.58. The van der Waals surface area contributed by atoms with Crippen LogP contribution < -0.4 is 4.74 Å². The second-order valence-corrected chi connectivity index (χ2v) is 4.26. The van der Waals surface area contributed by atoms with E-state index in [1.807, 2.05) is 0 Å². The zero-order valence-corrected chi connectivity index (χ0v) is 12.6. The van der Waals surface area contributed by atoms with Crippen LogP contribution in [0.5, 0.6) is 5.75 Å². The number of aryl methyl sites for hydroxylation is 1. The summed E-state index contributed by atoms with van der Waals surface area (Å²) >= 11 is 0. The number of ether oxygens (including phenoxy) is 3. The first-order valence-corrected chi connectivity index (χ1v) is 6.58. The van der Waals surface area contributed by atoms with Gasteiger partial charge in [-0.25, -0.2) is 9.59 Å². The van der Waals surface area contributed by atoms with E-state index in [1.54, 1.807) is 20.9 Å². The molecule has 1 heterocycles. The summed E-state index contributed by atoms with van der Waals surface area (Å²) in [5, 5.41) is 0. The van der Waals surface area contributed by atoms with Crippen LogP contribution >= 0.6 is 0 Å². The summed E-state index contributed by atoms with van der Waals surface area (Å²) in [6, 6.07) is 0. The molecule has 0 radical (unpaired) electrons. The van der Waals surface area contributed by atoms with Crippen LogP contribution in [0.3, 0.4) is 0 Å². The van der Waals surface area contributed by atoms with E-state index in [0.717, 1.165) is 0 Å². The molecule has 0 atom stereocenters. The van der Waals surface area contributed by atoms with E-state index < -0.39 is 11.9 Å². The molecular weight excluding hydrogens is 278 g/mol. The van der Waals surface area contributed by atoms with Crippen LogP contribution in [0.1, 0.15) is 41.6 Å². The molecule has 0 saturated carbocycles. The van der Waals surface area contributed by atoms with E-state index in [2.05, 4.69) is 0 Å². The molecule has 0 aliphatic rings. The Balaban J connectivity index is 3.24. The maximum atomic E-state index is 12.0. The first kappa shape index (κ1) is 16.7. The molecule has 0 unspecified atom stereocenters. The number of Topliss-reactive ketones (excluding diaryl/α,β-unsaturated/α-hetero) is 1. The highest BCUT2D eigenvalue weighted by Gasteiger charge is 2.27. The minimum absolute atomic E-state index is 0.00426. The average Bonchev–Trinajstić information content (AvgIpc) is 2.73. The Hall–Kier alpha value is -2.31. The topological polar surface area (TPSA) is 83.8 Å². The first-order chi connectivity index (χ1) is 9.92. The fourth-order valence-electron chi connectivity index (χ4n) is 1.71. The van der Waals surface area contributed by atoms with Gasteiger partial charge in [0, 0.05) is 13.2 Å². The van der Waals surface area contributed by atoms with Gasteiger partial charge in [0.2, 0.25) is 0 Å². The van der Waals surface area contributed by atoms with Gasteiger partial charge in [0.05, 0.1) is 13.2 Å². The summed E-state index contributed by atoms with van der Waals surface area (Å²) in [6.07, 6.45) is 1.42. The Bertz CT molecular complexity index is 546. The van der Waals surface area contributed by atoms with Gasteiger partial charge in [-0.1, -0.05) is 0 Å². The molecule has 116 valence electrons. The van der Waals surface area contributed by atoms with Crippen molar-refractivity contribution in [3.8, 4) is 5.75 Å². The van der Waals surface area contributed by atoms with Crippen LogP contribution in [0.25, 0.3) is 0 Å². The molecule has 0 aliphatic carbocycles. The number of aromatic nitrogens is 1. The number of carbonyl (C=O) groups excluding carboxylic acids is 3. The fraction of sp³-hybridized carbons (Fsp3) is 0.500. The summed E-state index contributed by atoms with van der Waals surface area (Å²) in [7, 11) is 1.58. The highest BCUT2D eigenvalue weighted by molar-refractivity contribution is 6.00. The van der Waals surface area contributed by atoms with Crippen LogP contribution in [0.4, 0.5) is 0 Å². The van der Waals surface area contributed by atoms with Gasteiger partial charge in [-0.05, 0) is 20.8 Å². The van der Waals surface area contributed by atoms with Crippen molar-refractivity contribution in [2.24, 2.45) is 7.05 Å². The molecule has 7 heteroatoms. The lowest BCUT2D eigenvalue weighted by Gasteiger charge is -2.09. The number of hydrogen-bond acceptors (Lipinski definition) is 6. The molecule has 0 saturated heterocycles. The van der Waals surface area contributed by atoms with Crippen molar-refractivity contribution in [1.82, 2.24) is 4.57 Å². The fourth-order valence-corrected chi connectivity index (χ4v) is 1.71. The Morgan fingerprint density at radius 3 is 2.19 bits per heavy atom. The Morgan fingerprint density at radius 2 is 1.67 bits per heavy atom. The summed E-state index contributed by atoms with van der Waals surface area (Å²) in [5.74, 6) is -1.48. The van der Waals surface area contributed by atoms with Crippen molar-refractivity contribution in [3.05, 3.63) is 17.5 Å². The van der Waals surface area contributed by atoms with Gasteiger partial charge in [0.15, 0.2) is 17.2 Å². The molecule has 0 bridgehead atoms. The van der Waals surface area contributed by atoms with Gasteiger partial charge >= 0.3 is 11.9 Å². The predicted octanol–water partition coefficient (Wildman–Crippen LogP) is 1.35. The molecule has 0 fully saturated rings. The number of hydrogen-bond donors (Lipinski definition) is 0. The van der Waals surface area contributed by atoms with Crippen LogP contribution in [0, 0.1) is 0 Å². The molecule has 0 amide bonds. The molecule has 1 rings (SSSR count). The maximum Gasteiger partial charge on any atom is 0.358 e. The Kier molecular flexibility index (Phi) is 5.95. The van der Waals surface area contributed by atoms with Gasteiger partial charge in [-0.2, -0.15) is 0 Å². The number of esters is 2. The molecule has 0 N–H and O–H groups in total. The summed E-state index contributed by atoms with van der Waals surface area (Å²) in [4.78, 5) is 34.9. The summed E-state index contributed by atoms with van der Waals surface area (Å²) < 4.78 is 16.6. The van der Waals surface area contributed by atoms with Gasteiger partial charge in [0.1, 0.15) is 12.2 Å². The van der Waals surface area contributed by atoms with E-state index in [0.29, 0.717) is 0 Å². The number of rotatable bonds is 7. The Labute approximate surface area is 122 Å². The van der Waals surface area contributed by atoms with E-state index in [1.165, 1.54) is 17.7 Å². The third-order valence-corrected chi connectivity index (χ3v) is 2.52. The molecular formula is C14H19NO6. The highest BCUT2D eigenvalue weighted by Crippen LogP contribution is 2.27. The van der Waals surface area contributed by atoms with Crippen molar-refractivity contribution in [2.75, 3.05) is 19.8 Å². The van der Waals surface area contributed by atoms with E-state index in [-0.39, 0.29) is 42.6 Å². The van der Waals surface area contributed by atoms with E-state index >= 15 is 0 Å². The SMILES string of the molecule is CCOC(=O)c1cn(C)c(C(=O)OCC)c1OCC(C)=O. The second-order valence-electron chi connectivity index (χ2n) is 4.26. The third kappa shape index (κ3) is 4.08. The maximum absolute atomic E-state index is 12.0. The molecule has 1 aromatic heterocycles. The molecule has 0 aliphatic heterocycles. The average molecular weight is 297 g/mol. The monoisotopic (exact) mass is 297 g/mol. The van der Waals surface area contributed by atoms with Crippen LogP contribution in [0.2, 0.25) is 0 Å². The lowest BCUT2D eigenvalue weighted by molar-refractivity contribution is -0.118. The van der Waals surface area contributed by atoms with Crippen molar-refractivity contribution in [3.63, 3.8) is 0 Å². The van der Waals surface area contributed by atoms with Crippen molar-refractivity contribution < 1.29 is 28.6 Å². The second kappa shape index (κ2) is 7.47. The van der Waals surface area contributed by atoms with Gasteiger partial charge in [-0.3, -0.25) is 4.79 Å². The molecule has 1 aromatic rings. The molecule has 0 aromatic carbocycles. The van der Waals surface area contributed by atoms with Crippen molar-refractivity contribution in [2.45, 2.75) is 20.8 Å². The molecule has 7 nitrogen and oxygen atoms in total. The number of nitrogens with zero attached hydrogens (tertiary/aromatic N) is 1. The Morgan fingerprint density at radius 1 is 1.10 bits per heavy atom. The van der Waals surface area contributed by atoms with E-state index in [4.69, 9.17) is 14.2 Å². The van der Waals surface area contributed by atoms with Gasteiger partial charge in [-0.15, -0.1) is 0 Å². The number of carbonyl (C=O) groups is 3. The predicted molar refractivity (Wildman–Crippen MR) is 73.5 cm³/mol. The van der Waals surface area contributed by atoms with Crippen LogP contribution in [0.15, 0.2) is 6.20 Å². The van der Waals surface area contributed by atoms with Crippen molar-refractivity contribution in [1.29, 1.82) is 0 Å². The molecule has 21 heavy (non-hydrogen) atoms. The normalized spacial score (nSPS) is 10.1. The van der Waals surface area contributed by atoms with Gasteiger partial charge < -0.3 is 18.8 Å². The van der Waals surface area contributed by atoms with E-state index in [9.17, 15) is 14.4 Å².